The summed E-state index contributed by atoms with van der Waals surface area (Å²) in [5, 5.41) is 19.6. The molecule has 18 heavy (non-hydrogen) atoms. The van der Waals surface area contributed by atoms with Gasteiger partial charge in [-0.05, 0) is 18.6 Å². The molecule has 6 nitrogen and oxygen atoms in total. The Morgan fingerprint density at radius 1 is 1.17 bits per heavy atom. The molecule has 7 heteroatoms. The molecule has 1 amide bonds. The second-order valence-corrected chi connectivity index (χ2v) is 5.02. The summed E-state index contributed by atoms with van der Waals surface area (Å²) in [6.45, 7) is 1.28. The first-order valence-electron chi connectivity index (χ1n) is 5.73. The molecule has 0 heterocycles. The zero-order valence-corrected chi connectivity index (χ0v) is 11.2. The zero-order chi connectivity index (χ0) is 14.0. The number of carbonyl (C=O) groups excluding carboxylic acids is 1. The van der Waals surface area contributed by atoms with E-state index in [2.05, 4.69) is 5.32 Å². The van der Waals surface area contributed by atoms with E-state index < -0.39 is 18.0 Å². The maximum atomic E-state index is 10.8. The lowest BCUT2D eigenvalue weighted by molar-refractivity contribution is -0.140. The molecule has 0 bridgehead atoms. The minimum atomic E-state index is -1.04. The Hall–Kier alpha value is -1.24. The monoisotopic (exact) mass is 277 g/mol. The van der Waals surface area contributed by atoms with Crippen molar-refractivity contribution >= 4 is 29.6 Å². The number of carbonyl (C=O) groups is 3. The van der Waals surface area contributed by atoms with Crippen molar-refractivity contribution in [1.29, 1.82) is 0 Å². The highest BCUT2D eigenvalue weighted by atomic mass is 32.2. The summed E-state index contributed by atoms with van der Waals surface area (Å²) in [4.78, 5) is 31.8. The minimum absolute atomic E-state index is 0.175. The first kappa shape index (κ1) is 16.8. The van der Waals surface area contributed by atoms with Crippen molar-refractivity contribution in [1.82, 2.24) is 5.32 Å². The Morgan fingerprint density at radius 2 is 1.83 bits per heavy atom. The minimum Gasteiger partial charge on any atom is -0.481 e. The number of aliphatic carboxylic acids is 2. The third-order valence-corrected chi connectivity index (χ3v) is 3.29. The third kappa shape index (κ3) is 9.95. The maximum absolute atomic E-state index is 10.8. The van der Waals surface area contributed by atoms with Crippen LogP contribution in [-0.4, -0.2) is 45.6 Å². The van der Waals surface area contributed by atoms with Gasteiger partial charge in [0.25, 0.3) is 0 Å². The average molecular weight is 277 g/mol. The van der Waals surface area contributed by atoms with Gasteiger partial charge < -0.3 is 15.5 Å². The molecule has 0 saturated heterocycles. The van der Waals surface area contributed by atoms with E-state index in [-0.39, 0.29) is 12.3 Å². The Kier molecular flexibility index (Phi) is 9.08. The molecule has 0 aliphatic heterocycles. The Morgan fingerprint density at radius 3 is 2.33 bits per heavy atom. The summed E-state index contributed by atoms with van der Waals surface area (Å²) < 4.78 is 0. The highest BCUT2D eigenvalue weighted by Crippen LogP contribution is 2.09. The largest absolute Gasteiger partial charge is 0.481 e. The van der Waals surface area contributed by atoms with E-state index in [0.717, 1.165) is 18.6 Å². The molecular weight excluding hydrogens is 258 g/mol. The molecule has 0 radical (unpaired) electrons. The molecule has 0 aliphatic carbocycles. The van der Waals surface area contributed by atoms with Crippen molar-refractivity contribution in [3.63, 3.8) is 0 Å². The van der Waals surface area contributed by atoms with Crippen molar-refractivity contribution in [2.75, 3.05) is 11.5 Å². The van der Waals surface area contributed by atoms with Crippen LogP contribution in [0.15, 0.2) is 0 Å². The molecule has 1 atom stereocenters. The van der Waals surface area contributed by atoms with Crippen LogP contribution in [0.3, 0.4) is 0 Å². The fourth-order valence-electron chi connectivity index (χ4n) is 1.28. The lowest BCUT2D eigenvalue weighted by atomic mass is 10.2. The second-order valence-electron chi connectivity index (χ2n) is 3.87. The number of hydrogen-bond donors (Lipinski definition) is 3. The number of carboxylic acid groups (broad SMARTS) is 2. The fourth-order valence-corrected chi connectivity index (χ4v) is 2.31. The maximum Gasteiger partial charge on any atom is 0.327 e. The van der Waals surface area contributed by atoms with Gasteiger partial charge in [-0.1, -0.05) is 6.42 Å². The van der Waals surface area contributed by atoms with Gasteiger partial charge in [0.1, 0.15) is 6.04 Å². The van der Waals surface area contributed by atoms with Gasteiger partial charge in [0, 0.05) is 19.1 Å². The van der Waals surface area contributed by atoms with Crippen molar-refractivity contribution in [3.05, 3.63) is 0 Å². The van der Waals surface area contributed by atoms with Crippen LogP contribution in [0.5, 0.6) is 0 Å². The van der Waals surface area contributed by atoms with E-state index in [1.807, 2.05) is 0 Å². The van der Waals surface area contributed by atoms with Crippen LogP contribution < -0.4 is 5.32 Å². The number of amides is 1. The summed E-state index contributed by atoms with van der Waals surface area (Å²) in [6, 6.07) is -0.855. The second kappa shape index (κ2) is 9.76. The van der Waals surface area contributed by atoms with E-state index in [9.17, 15) is 14.4 Å². The van der Waals surface area contributed by atoms with Crippen LogP contribution in [0.1, 0.15) is 32.6 Å². The predicted molar refractivity (Wildman–Crippen MR) is 68.7 cm³/mol. The van der Waals surface area contributed by atoms with Crippen molar-refractivity contribution in [2.45, 2.75) is 38.6 Å². The molecule has 0 rings (SSSR count). The molecule has 0 aliphatic rings. The predicted octanol–water partition coefficient (Wildman–Crippen LogP) is 0.954. The van der Waals surface area contributed by atoms with E-state index in [4.69, 9.17) is 10.2 Å². The Bertz CT molecular complexity index is 295. The number of nitrogens with one attached hydrogen (secondary N) is 1. The van der Waals surface area contributed by atoms with Crippen molar-refractivity contribution < 1.29 is 24.6 Å². The molecule has 0 aromatic rings. The number of unbranched alkanes of at least 4 members (excludes halogenated alkanes) is 2. The van der Waals surface area contributed by atoms with Crippen LogP contribution in [0.2, 0.25) is 0 Å². The smallest absolute Gasteiger partial charge is 0.327 e. The molecule has 0 aromatic heterocycles. The van der Waals surface area contributed by atoms with Crippen LogP contribution in [0.25, 0.3) is 0 Å². The quantitative estimate of drug-likeness (QED) is 0.514. The van der Waals surface area contributed by atoms with Gasteiger partial charge in [-0.25, -0.2) is 4.79 Å². The average Bonchev–Trinajstić information content (AvgIpc) is 2.25. The fraction of sp³-hybridized carbons (Fsp3) is 0.727. The Balaban J connectivity index is 3.58. The van der Waals surface area contributed by atoms with Gasteiger partial charge in [0.2, 0.25) is 5.91 Å². The number of rotatable bonds is 10. The first-order valence-corrected chi connectivity index (χ1v) is 6.88. The van der Waals surface area contributed by atoms with E-state index in [1.54, 1.807) is 0 Å². The Labute approximate surface area is 110 Å². The number of hydrogen-bond acceptors (Lipinski definition) is 4. The van der Waals surface area contributed by atoms with Gasteiger partial charge in [-0.3, -0.25) is 9.59 Å². The molecule has 3 N–H and O–H groups in total. The molecule has 0 fully saturated rings. The third-order valence-electron chi connectivity index (χ3n) is 2.14. The highest BCUT2D eigenvalue weighted by molar-refractivity contribution is 7.99. The molecule has 0 aromatic carbocycles. The van der Waals surface area contributed by atoms with Gasteiger partial charge in [-0.2, -0.15) is 11.8 Å². The van der Waals surface area contributed by atoms with Crippen LogP contribution in [0.4, 0.5) is 0 Å². The summed E-state index contributed by atoms with van der Waals surface area (Å²) in [6.07, 6.45) is 2.49. The SMILES string of the molecule is CC(=O)NC(CSCCCCCC(=O)O)C(=O)O. The molecule has 104 valence electrons. The summed E-state index contributed by atoms with van der Waals surface area (Å²) in [5.74, 6) is -1.09. The summed E-state index contributed by atoms with van der Waals surface area (Å²) in [7, 11) is 0. The van der Waals surface area contributed by atoms with Crippen LogP contribution in [0, 0.1) is 0 Å². The number of carboxylic acids is 2. The molecular formula is C11H19NO5S. The van der Waals surface area contributed by atoms with Crippen molar-refractivity contribution in [2.24, 2.45) is 0 Å². The van der Waals surface area contributed by atoms with Crippen molar-refractivity contribution in [3.8, 4) is 0 Å². The zero-order valence-electron chi connectivity index (χ0n) is 10.3. The van der Waals surface area contributed by atoms with Crippen LogP contribution in [-0.2, 0) is 14.4 Å². The van der Waals surface area contributed by atoms with Gasteiger partial charge in [-0.15, -0.1) is 0 Å². The number of thioether (sulfide) groups is 1. The van der Waals surface area contributed by atoms with Gasteiger partial charge in [0.15, 0.2) is 0 Å². The molecule has 1 unspecified atom stereocenters. The lowest BCUT2D eigenvalue weighted by Crippen LogP contribution is -2.41. The molecule has 0 spiro atoms. The van der Waals surface area contributed by atoms with Crippen LogP contribution >= 0.6 is 11.8 Å². The first-order chi connectivity index (χ1) is 8.43. The van der Waals surface area contributed by atoms with E-state index >= 15 is 0 Å². The summed E-state index contributed by atoms with van der Waals surface area (Å²) in [5.41, 5.74) is 0. The summed E-state index contributed by atoms with van der Waals surface area (Å²) >= 11 is 1.45. The standard InChI is InChI=1S/C11H19NO5S/c1-8(13)12-9(11(16)17)7-18-6-4-2-3-5-10(14)15/h9H,2-7H2,1H3,(H,12,13)(H,14,15)(H,16,17). The molecule has 0 saturated carbocycles. The normalized spacial score (nSPS) is 11.8. The van der Waals surface area contributed by atoms with E-state index in [0.29, 0.717) is 12.2 Å². The van der Waals surface area contributed by atoms with Gasteiger partial charge >= 0.3 is 11.9 Å². The highest BCUT2D eigenvalue weighted by Gasteiger charge is 2.17. The topological polar surface area (TPSA) is 104 Å². The lowest BCUT2D eigenvalue weighted by Gasteiger charge is -2.12. The van der Waals surface area contributed by atoms with Gasteiger partial charge in [0.05, 0.1) is 0 Å². The van der Waals surface area contributed by atoms with E-state index in [1.165, 1.54) is 18.7 Å².